The van der Waals surface area contributed by atoms with E-state index in [4.69, 9.17) is 5.73 Å². The van der Waals surface area contributed by atoms with Crippen molar-refractivity contribution in [1.82, 2.24) is 4.90 Å². The number of hydrogen-bond acceptors (Lipinski definition) is 3. The van der Waals surface area contributed by atoms with Gasteiger partial charge in [-0.15, -0.1) is 23.7 Å². The van der Waals surface area contributed by atoms with E-state index in [1.807, 2.05) is 11.0 Å². The summed E-state index contributed by atoms with van der Waals surface area (Å²) in [5, 5.41) is 2.06. The lowest BCUT2D eigenvalue weighted by molar-refractivity contribution is -0.132. The van der Waals surface area contributed by atoms with Crippen molar-refractivity contribution in [1.29, 1.82) is 0 Å². The molecule has 1 aliphatic carbocycles. The van der Waals surface area contributed by atoms with E-state index < -0.39 is 0 Å². The van der Waals surface area contributed by atoms with E-state index in [0.29, 0.717) is 19.0 Å². The van der Waals surface area contributed by atoms with Crippen LogP contribution in [0.5, 0.6) is 0 Å². The van der Waals surface area contributed by atoms with Crippen molar-refractivity contribution in [3.63, 3.8) is 0 Å². The summed E-state index contributed by atoms with van der Waals surface area (Å²) in [6, 6.07) is 4.62. The summed E-state index contributed by atoms with van der Waals surface area (Å²) in [5.74, 6) is 0.265. The topological polar surface area (TPSA) is 46.3 Å². The highest BCUT2D eigenvalue weighted by Crippen LogP contribution is 2.29. The summed E-state index contributed by atoms with van der Waals surface area (Å²) in [7, 11) is 0. The minimum absolute atomic E-state index is 0. The first kappa shape index (κ1) is 14.5. The molecule has 0 spiro atoms. The molecule has 0 aromatic carbocycles. The summed E-state index contributed by atoms with van der Waals surface area (Å²) in [6.45, 7) is 1.38. The van der Waals surface area contributed by atoms with E-state index in [9.17, 15) is 4.79 Å². The summed E-state index contributed by atoms with van der Waals surface area (Å²) in [5.41, 5.74) is 5.44. The molecule has 0 aliphatic heterocycles. The molecule has 5 heteroatoms. The molecule has 1 heterocycles. The molecular weight excluding hydrogens is 256 g/mol. The van der Waals surface area contributed by atoms with Crippen LogP contribution in [0.1, 0.15) is 30.6 Å². The van der Waals surface area contributed by atoms with Crippen molar-refractivity contribution in [2.75, 3.05) is 6.54 Å². The SMILES string of the molecule is Cl.NCCCC(=O)N(Cc1cccs1)C1CC1. The molecule has 1 aliphatic rings. The van der Waals surface area contributed by atoms with E-state index in [2.05, 4.69) is 11.4 Å². The summed E-state index contributed by atoms with van der Waals surface area (Å²) in [4.78, 5) is 15.3. The molecule has 0 bridgehead atoms. The van der Waals surface area contributed by atoms with Crippen LogP contribution < -0.4 is 5.73 Å². The Labute approximate surface area is 112 Å². The van der Waals surface area contributed by atoms with E-state index in [0.717, 1.165) is 13.0 Å². The highest BCUT2D eigenvalue weighted by Gasteiger charge is 2.32. The van der Waals surface area contributed by atoms with Gasteiger partial charge < -0.3 is 10.6 Å². The summed E-state index contributed by atoms with van der Waals surface area (Å²) < 4.78 is 0. The Balaban J connectivity index is 0.00000144. The second-order valence-corrected chi connectivity index (χ2v) is 5.26. The average Bonchev–Trinajstić information content (AvgIpc) is 3.00. The first-order chi connectivity index (χ1) is 7.81. The average molecular weight is 275 g/mol. The molecule has 0 radical (unpaired) electrons. The van der Waals surface area contributed by atoms with E-state index in [-0.39, 0.29) is 18.3 Å². The molecule has 3 nitrogen and oxygen atoms in total. The maximum atomic E-state index is 12.0. The lowest BCUT2D eigenvalue weighted by Gasteiger charge is -2.21. The quantitative estimate of drug-likeness (QED) is 0.866. The number of amides is 1. The monoisotopic (exact) mass is 274 g/mol. The lowest BCUT2D eigenvalue weighted by atomic mass is 10.2. The third-order valence-electron chi connectivity index (χ3n) is 2.81. The van der Waals surface area contributed by atoms with Gasteiger partial charge in [-0.05, 0) is 37.3 Å². The fourth-order valence-electron chi connectivity index (χ4n) is 1.77. The van der Waals surface area contributed by atoms with Crippen LogP contribution in [0.15, 0.2) is 17.5 Å². The highest BCUT2D eigenvalue weighted by molar-refractivity contribution is 7.09. The molecular formula is C12H19ClN2OS. The fraction of sp³-hybridized carbons (Fsp3) is 0.583. The van der Waals surface area contributed by atoms with Crippen molar-refractivity contribution in [3.8, 4) is 0 Å². The van der Waals surface area contributed by atoms with Gasteiger partial charge >= 0.3 is 0 Å². The maximum absolute atomic E-state index is 12.0. The zero-order chi connectivity index (χ0) is 11.4. The minimum Gasteiger partial charge on any atom is -0.335 e. The molecule has 0 unspecified atom stereocenters. The van der Waals surface area contributed by atoms with Gasteiger partial charge in [-0.25, -0.2) is 0 Å². The Morgan fingerprint density at radius 2 is 2.29 bits per heavy atom. The molecule has 0 saturated heterocycles. The third-order valence-corrected chi connectivity index (χ3v) is 3.67. The smallest absolute Gasteiger partial charge is 0.223 e. The first-order valence-electron chi connectivity index (χ1n) is 5.83. The molecule has 1 amide bonds. The predicted molar refractivity (Wildman–Crippen MR) is 73.4 cm³/mol. The van der Waals surface area contributed by atoms with Gasteiger partial charge in [-0.1, -0.05) is 6.07 Å². The molecule has 1 aromatic rings. The van der Waals surface area contributed by atoms with Crippen molar-refractivity contribution >= 4 is 29.7 Å². The van der Waals surface area contributed by atoms with Crippen LogP contribution in [0.3, 0.4) is 0 Å². The van der Waals surface area contributed by atoms with Gasteiger partial charge in [0.05, 0.1) is 6.54 Å². The number of thiophene rings is 1. The summed E-state index contributed by atoms with van der Waals surface area (Å²) >= 11 is 1.72. The highest BCUT2D eigenvalue weighted by atomic mass is 35.5. The molecule has 2 rings (SSSR count). The van der Waals surface area contributed by atoms with Crippen molar-refractivity contribution in [2.45, 2.75) is 38.3 Å². The number of nitrogens with two attached hydrogens (primary N) is 1. The Bertz CT molecular complexity index is 338. The largest absolute Gasteiger partial charge is 0.335 e. The van der Waals surface area contributed by atoms with Crippen LogP contribution in [0.25, 0.3) is 0 Å². The Kier molecular flexibility index (Phi) is 5.95. The van der Waals surface area contributed by atoms with Gasteiger partial charge in [0.15, 0.2) is 0 Å². The zero-order valence-electron chi connectivity index (χ0n) is 9.80. The molecule has 0 atom stereocenters. The van der Waals surface area contributed by atoms with E-state index >= 15 is 0 Å². The predicted octanol–water partition coefficient (Wildman–Crippen LogP) is 2.40. The Hall–Kier alpha value is -0.580. The molecule has 1 aromatic heterocycles. The van der Waals surface area contributed by atoms with Crippen LogP contribution in [0.2, 0.25) is 0 Å². The van der Waals surface area contributed by atoms with Gasteiger partial charge in [-0.3, -0.25) is 4.79 Å². The molecule has 17 heavy (non-hydrogen) atoms. The second kappa shape index (κ2) is 6.99. The van der Waals surface area contributed by atoms with Gasteiger partial charge in [0, 0.05) is 17.3 Å². The number of nitrogens with zero attached hydrogens (tertiary/aromatic N) is 1. The molecule has 96 valence electrons. The zero-order valence-corrected chi connectivity index (χ0v) is 11.4. The van der Waals surface area contributed by atoms with Crippen molar-refractivity contribution < 1.29 is 4.79 Å². The minimum atomic E-state index is 0. The van der Waals surface area contributed by atoms with E-state index in [1.165, 1.54) is 17.7 Å². The molecule has 2 N–H and O–H groups in total. The molecule has 1 fully saturated rings. The number of carbonyl (C=O) groups excluding carboxylic acids is 1. The van der Waals surface area contributed by atoms with Crippen LogP contribution in [-0.4, -0.2) is 23.4 Å². The van der Waals surface area contributed by atoms with Gasteiger partial charge in [-0.2, -0.15) is 0 Å². The van der Waals surface area contributed by atoms with Gasteiger partial charge in [0.1, 0.15) is 0 Å². The van der Waals surface area contributed by atoms with Crippen LogP contribution in [0, 0.1) is 0 Å². The van der Waals surface area contributed by atoms with Crippen molar-refractivity contribution in [2.24, 2.45) is 5.73 Å². The normalized spacial score (nSPS) is 14.2. The van der Waals surface area contributed by atoms with Crippen molar-refractivity contribution in [3.05, 3.63) is 22.4 Å². The van der Waals surface area contributed by atoms with Crippen LogP contribution in [-0.2, 0) is 11.3 Å². The third kappa shape index (κ3) is 4.30. The summed E-state index contributed by atoms with van der Waals surface area (Å²) in [6.07, 6.45) is 3.73. The van der Waals surface area contributed by atoms with Crippen LogP contribution >= 0.6 is 23.7 Å². The first-order valence-corrected chi connectivity index (χ1v) is 6.71. The molecule has 1 saturated carbocycles. The van der Waals surface area contributed by atoms with Crippen LogP contribution in [0.4, 0.5) is 0 Å². The van der Waals surface area contributed by atoms with Gasteiger partial charge in [0.25, 0.3) is 0 Å². The maximum Gasteiger partial charge on any atom is 0.223 e. The lowest BCUT2D eigenvalue weighted by Crippen LogP contribution is -2.32. The van der Waals surface area contributed by atoms with E-state index in [1.54, 1.807) is 11.3 Å². The standard InChI is InChI=1S/C12H18N2OS.ClH/c13-7-1-4-12(15)14(10-5-6-10)9-11-3-2-8-16-11;/h2-3,8,10H,1,4-7,9,13H2;1H. The Morgan fingerprint density at radius 3 is 2.82 bits per heavy atom. The Morgan fingerprint density at radius 1 is 1.53 bits per heavy atom. The number of hydrogen-bond donors (Lipinski definition) is 1. The van der Waals surface area contributed by atoms with Gasteiger partial charge in [0.2, 0.25) is 5.91 Å². The fourth-order valence-corrected chi connectivity index (χ4v) is 2.48. The number of rotatable bonds is 6. The second-order valence-electron chi connectivity index (χ2n) is 4.22. The number of carbonyl (C=O) groups is 1. The number of halogens is 1.